The highest BCUT2D eigenvalue weighted by Gasteiger charge is 2.30. The predicted molar refractivity (Wildman–Crippen MR) is 96.2 cm³/mol. The Labute approximate surface area is 145 Å². The maximum Gasteiger partial charge on any atom is 0.194 e. The van der Waals surface area contributed by atoms with Crippen LogP contribution < -0.4 is 5.32 Å². The summed E-state index contributed by atoms with van der Waals surface area (Å²) in [6.07, 6.45) is 5.36. The molecule has 0 aromatic carbocycles. The molecule has 1 unspecified atom stereocenters. The topological polar surface area (TPSA) is 56.9 Å². The summed E-state index contributed by atoms with van der Waals surface area (Å²) in [6.45, 7) is 12.3. The fraction of sp³-hybridized carbons (Fsp3) is 0.778. The smallest absolute Gasteiger partial charge is 0.194 e. The Morgan fingerprint density at radius 2 is 2.04 bits per heavy atom. The lowest BCUT2D eigenvalue weighted by Crippen LogP contribution is -2.44. The van der Waals surface area contributed by atoms with E-state index in [0.29, 0.717) is 12.6 Å². The fourth-order valence-corrected chi connectivity index (χ4v) is 3.82. The van der Waals surface area contributed by atoms with Gasteiger partial charge >= 0.3 is 0 Å². The minimum Gasteiger partial charge on any atom is -0.361 e. The van der Waals surface area contributed by atoms with Gasteiger partial charge in [-0.05, 0) is 53.1 Å². The molecule has 0 aliphatic carbocycles. The molecule has 1 atom stereocenters. The van der Waals surface area contributed by atoms with Crippen LogP contribution in [-0.4, -0.2) is 59.7 Å². The molecule has 1 aromatic heterocycles. The Kier molecular flexibility index (Phi) is 5.76. The molecule has 3 heterocycles. The third kappa shape index (κ3) is 3.91. The van der Waals surface area contributed by atoms with Crippen LogP contribution >= 0.6 is 0 Å². The van der Waals surface area contributed by atoms with Gasteiger partial charge in [0.05, 0.1) is 12.2 Å². The van der Waals surface area contributed by atoms with Gasteiger partial charge in [0.15, 0.2) is 5.96 Å². The SMILES string of the molecule is CCNC(=NCc1c(C)noc1C)N1CCC(N2CCCCC2)C1. The van der Waals surface area contributed by atoms with Gasteiger partial charge in [0.1, 0.15) is 5.76 Å². The van der Waals surface area contributed by atoms with Crippen molar-refractivity contribution in [2.24, 2.45) is 4.99 Å². The Morgan fingerprint density at radius 3 is 2.71 bits per heavy atom. The zero-order valence-corrected chi connectivity index (χ0v) is 15.3. The number of aromatic nitrogens is 1. The standard InChI is InChI=1S/C18H31N5O/c1-4-19-18(20-12-17-14(2)21-24-15(17)3)23-11-8-16(13-23)22-9-6-5-7-10-22/h16H,4-13H2,1-3H3,(H,19,20). The number of guanidine groups is 1. The number of aryl methyl sites for hydroxylation is 2. The summed E-state index contributed by atoms with van der Waals surface area (Å²) in [5.74, 6) is 1.90. The minimum absolute atomic E-state index is 0.633. The van der Waals surface area contributed by atoms with Crippen molar-refractivity contribution in [2.75, 3.05) is 32.7 Å². The molecule has 134 valence electrons. The van der Waals surface area contributed by atoms with Crippen molar-refractivity contribution < 1.29 is 4.52 Å². The van der Waals surface area contributed by atoms with Crippen molar-refractivity contribution in [1.29, 1.82) is 0 Å². The molecule has 2 fully saturated rings. The van der Waals surface area contributed by atoms with E-state index in [2.05, 4.69) is 27.2 Å². The van der Waals surface area contributed by atoms with Gasteiger partial charge < -0.3 is 14.7 Å². The molecule has 2 aliphatic heterocycles. The number of rotatable bonds is 4. The van der Waals surface area contributed by atoms with Crippen LogP contribution in [0.25, 0.3) is 0 Å². The molecule has 0 amide bonds. The van der Waals surface area contributed by atoms with Gasteiger partial charge in [0, 0.05) is 31.2 Å². The molecule has 6 nitrogen and oxygen atoms in total. The van der Waals surface area contributed by atoms with E-state index in [1.165, 1.54) is 38.8 Å². The highest BCUT2D eigenvalue weighted by atomic mass is 16.5. The number of hydrogen-bond donors (Lipinski definition) is 1. The summed E-state index contributed by atoms with van der Waals surface area (Å²) in [4.78, 5) is 9.95. The van der Waals surface area contributed by atoms with Crippen LogP contribution in [0.4, 0.5) is 0 Å². The molecule has 0 bridgehead atoms. The van der Waals surface area contributed by atoms with E-state index in [1.54, 1.807) is 0 Å². The van der Waals surface area contributed by atoms with Crippen LogP contribution in [0.2, 0.25) is 0 Å². The van der Waals surface area contributed by atoms with Crippen molar-refractivity contribution in [3.05, 3.63) is 17.0 Å². The van der Waals surface area contributed by atoms with Crippen LogP contribution in [-0.2, 0) is 6.54 Å². The minimum atomic E-state index is 0.633. The van der Waals surface area contributed by atoms with E-state index >= 15 is 0 Å². The van der Waals surface area contributed by atoms with Crippen LogP contribution in [0.15, 0.2) is 9.52 Å². The van der Waals surface area contributed by atoms with E-state index in [1.807, 2.05) is 13.8 Å². The molecule has 2 aliphatic rings. The second-order valence-electron chi connectivity index (χ2n) is 6.96. The van der Waals surface area contributed by atoms with Crippen molar-refractivity contribution in [3.8, 4) is 0 Å². The van der Waals surface area contributed by atoms with Gasteiger partial charge in [-0.25, -0.2) is 4.99 Å². The van der Waals surface area contributed by atoms with Gasteiger partial charge in [0.2, 0.25) is 0 Å². The summed E-state index contributed by atoms with van der Waals surface area (Å²) in [6, 6.07) is 0.688. The summed E-state index contributed by atoms with van der Waals surface area (Å²) >= 11 is 0. The average Bonchev–Trinajstić information content (AvgIpc) is 3.21. The molecular weight excluding hydrogens is 302 g/mol. The number of piperidine rings is 1. The number of aliphatic imine (C=N–C) groups is 1. The maximum atomic E-state index is 5.25. The molecule has 1 N–H and O–H groups in total. The Bertz CT molecular complexity index is 542. The predicted octanol–water partition coefficient (Wildman–Crippen LogP) is 2.32. The van der Waals surface area contributed by atoms with E-state index in [-0.39, 0.29) is 0 Å². The van der Waals surface area contributed by atoms with Crippen LogP contribution in [0.3, 0.4) is 0 Å². The molecule has 0 radical (unpaired) electrons. The van der Waals surface area contributed by atoms with Crippen molar-refractivity contribution in [2.45, 2.75) is 59.0 Å². The van der Waals surface area contributed by atoms with Gasteiger partial charge in [-0.3, -0.25) is 4.90 Å². The van der Waals surface area contributed by atoms with E-state index in [0.717, 1.165) is 42.6 Å². The average molecular weight is 333 g/mol. The molecule has 6 heteroatoms. The normalized spacial score (nSPS) is 23.0. The summed E-state index contributed by atoms with van der Waals surface area (Å²) in [7, 11) is 0. The van der Waals surface area contributed by atoms with Crippen LogP contribution in [0.1, 0.15) is 49.6 Å². The Balaban J connectivity index is 1.64. The van der Waals surface area contributed by atoms with Gasteiger partial charge in [0.25, 0.3) is 0 Å². The summed E-state index contributed by atoms with van der Waals surface area (Å²) < 4.78 is 5.25. The fourth-order valence-electron chi connectivity index (χ4n) is 3.82. The number of nitrogens with one attached hydrogen (secondary N) is 1. The van der Waals surface area contributed by atoms with Crippen LogP contribution in [0.5, 0.6) is 0 Å². The Hall–Kier alpha value is -1.56. The van der Waals surface area contributed by atoms with E-state index in [4.69, 9.17) is 9.52 Å². The number of nitrogens with zero attached hydrogens (tertiary/aromatic N) is 4. The first kappa shape index (κ1) is 17.3. The number of hydrogen-bond acceptors (Lipinski definition) is 4. The Morgan fingerprint density at radius 1 is 1.25 bits per heavy atom. The third-order valence-electron chi connectivity index (χ3n) is 5.27. The highest BCUT2D eigenvalue weighted by molar-refractivity contribution is 5.80. The lowest BCUT2D eigenvalue weighted by molar-refractivity contribution is 0.168. The van der Waals surface area contributed by atoms with E-state index in [9.17, 15) is 0 Å². The van der Waals surface area contributed by atoms with Crippen molar-refractivity contribution in [1.82, 2.24) is 20.3 Å². The third-order valence-corrected chi connectivity index (χ3v) is 5.27. The zero-order valence-electron chi connectivity index (χ0n) is 15.3. The summed E-state index contributed by atoms with van der Waals surface area (Å²) in [5, 5.41) is 7.48. The first-order valence-electron chi connectivity index (χ1n) is 9.38. The van der Waals surface area contributed by atoms with Gasteiger partial charge in [-0.1, -0.05) is 11.6 Å². The molecule has 0 spiro atoms. The van der Waals surface area contributed by atoms with Crippen molar-refractivity contribution >= 4 is 5.96 Å². The molecule has 3 rings (SSSR count). The van der Waals surface area contributed by atoms with E-state index < -0.39 is 0 Å². The second-order valence-corrected chi connectivity index (χ2v) is 6.96. The van der Waals surface area contributed by atoms with Crippen molar-refractivity contribution in [3.63, 3.8) is 0 Å². The first-order chi connectivity index (χ1) is 11.7. The molecular formula is C18H31N5O. The largest absolute Gasteiger partial charge is 0.361 e. The lowest BCUT2D eigenvalue weighted by atomic mass is 10.1. The van der Waals surface area contributed by atoms with Gasteiger partial charge in [-0.15, -0.1) is 0 Å². The zero-order chi connectivity index (χ0) is 16.9. The number of likely N-dealkylation sites (tertiary alicyclic amines) is 2. The molecule has 0 saturated carbocycles. The monoisotopic (exact) mass is 333 g/mol. The van der Waals surface area contributed by atoms with Crippen LogP contribution in [0, 0.1) is 13.8 Å². The maximum absolute atomic E-state index is 5.25. The molecule has 24 heavy (non-hydrogen) atoms. The molecule has 1 aromatic rings. The summed E-state index contributed by atoms with van der Waals surface area (Å²) in [5.41, 5.74) is 2.05. The lowest BCUT2D eigenvalue weighted by Gasteiger charge is -2.32. The second kappa shape index (κ2) is 8.01. The quantitative estimate of drug-likeness (QED) is 0.677. The van der Waals surface area contributed by atoms with Gasteiger partial charge in [-0.2, -0.15) is 0 Å². The first-order valence-corrected chi connectivity index (χ1v) is 9.38. The highest BCUT2D eigenvalue weighted by Crippen LogP contribution is 2.21. The molecule has 2 saturated heterocycles.